The van der Waals surface area contributed by atoms with Gasteiger partial charge in [0.15, 0.2) is 0 Å². The quantitative estimate of drug-likeness (QED) is 0.113. The van der Waals surface area contributed by atoms with Crippen molar-refractivity contribution in [3.63, 3.8) is 0 Å². The molecule has 2 amide bonds. The highest BCUT2D eigenvalue weighted by Gasteiger charge is 2.18. The molecule has 39 heavy (non-hydrogen) atoms. The van der Waals surface area contributed by atoms with E-state index in [1.807, 2.05) is 51.1 Å². The van der Waals surface area contributed by atoms with Crippen molar-refractivity contribution in [3.05, 3.63) is 75.5 Å². The number of amides is 2. The molecule has 7 nitrogen and oxygen atoms in total. The van der Waals surface area contributed by atoms with Crippen LogP contribution < -0.4 is 5.32 Å². The molecule has 208 valence electrons. The van der Waals surface area contributed by atoms with Gasteiger partial charge in [-0.1, -0.05) is 25.1 Å². The molecule has 0 aliphatic rings. The molecule has 2 rings (SSSR count). The fraction of sp³-hybridized carbons (Fsp3) is 0.355. The summed E-state index contributed by atoms with van der Waals surface area (Å²) >= 11 is 1.73. The molecular weight excluding hydrogens is 506 g/mol. The van der Waals surface area contributed by atoms with Crippen LogP contribution in [0.2, 0.25) is 0 Å². The van der Waals surface area contributed by atoms with Gasteiger partial charge in [-0.3, -0.25) is 0 Å². The van der Waals surface area contributed by atoms with Gasteiger partial charge in [0, 0.05) is 49.9 Å². The lowest BCUT2D eigenvalue weighted by Gasteiger charge is -2.25. The van der Waals surface area contributed by atoms with E-state index in [0.29, 0.717) is 5.57 Å². The second-order valence-corrected chi connectivity index (χ2v) is 10.3. The monoisotopic (exact) mass is 547 g/mol. The molecule has 1 aromatic carbocycles. The number of nitrogens with zero attached hydrogens (tertiary/aromatic N) is 3. The van der Waals surface area contributed by atoms with Gasteiger partial charge in [0.2, 0.25) is 0 Å². The number of nitrogens with one attached hydrogen (secondary N) is 2. The predicted octanol–water partition coefficient (Wildman–Crippen LogP) is 6.32. The van der Waals surface area contributed by atoms with Crippen LogP contribution in [0.3, 0.4) is 0 Å². The van der Waals surface area contributed by atoms with E-state index < -0.39 is 0 Å². The van der Waals surface area contributed by atoms with E-state index in [2.05, 4.69) is 47.6 Å². The van der Waals surface area contributed by atoms with Crippen molar-refractivity contribution >= 4 is 35.6 Å². The van der Waals surface area contributed by atoms with E-state index in [0.717, 1.165) is 48.8 Å². The van der Waals surface area contributed by atoms with Crippen molar-refractivity contribution in [1.82, 2.24) is 9.80 Å². The van der Waals surface area contributed by atoms with Crippen molar-refractivity contribution < 1.29 is 9.59 Å². The Morgan fingerprint density at radius 1 is 1.21 bits per heavy atom. The summed E-state index contributed by atoms with van der Waals surface area (Å²) in [7, 11) is 5.50. The average Bonchev–Trinajstić information content (AvgIpc) is 3.40. The Kier molecular flexibility index (Phi) is 18.0. The van der Waals surface area contributed by atoms with E-state index in [1.54, 1.807) is 31.5 Å². The number of aryl methyl sites for hydroxylation is 2. The van der Waals surface area contributed by atoms with E-state index >= 15 is 0 Å². The number of anilines is 1. The number of nitriles is 1. The molecular formula is C31H41N5O2S. The van der Waals surface area contributed by atoms with Crippen molar-refractivity contribution in [2.24, 2.45) is 11.8 Å². The molecule has 0 fully saturated rings. The number of rotatable bonds is 11. The number of hydrogen-bond donors (Lipinski definition) is 2. The lowest BCUT2D eigenvalue weighted by atomic mass is 9.91. The second-order valence-electron chi connectivity index (χ2n) is 9.27. The number of urea groups is 1. The van der Waals surface area contributed by atoms with Crippen LogP contribution in [0.4, 0.5) is 10.5 Å². The van der Waals surface area contributed by atoms with Crippen LogP contribution in [0.5, 0.6) is 0 Å². The minimum Gasteiger partial charge on any atom is -0.331 e. The summed E-state index contributed by atoms with van der Waals surface area (Å²) in [5.41, 5.74) is 3.60. The van der Waals surface area contributed by atoms with Crippen LogP contribution in [0.25, 0.3) is 0 Å². The molecule has 0 spiro atoms. The summed E-state index contributed by atoms with van der Waals surface area (Å²) < 4.78 is 0. The van der Waals surface area contributed by atoms with Crippen molar-refractivity contribution in [2.75, 3.05) is 33.0 Å². The zero-order valence-corrected chi connectivity index (χ0v) is 24.7. The van der Waals surface area contributed by atoms with Crippen LogP contribution in [0.1, 0.15) is 29.3 Å². The van der Waals surface area contributed by atoms with Crippen LogP contribution in [0.15, 0.2) is 59.5 Å². The molecule has 8 heteroatoms. The smallest absolute Gasteiger partial charge is 0.321 e. The number of allylic oxidation sites excluding steroid dienone is 4. The fourth-order valence-corrected chi connectivity index (χ4v) is 4.36. The number of aldehydes is 1. The molecule has 1 aromatic heterocycles. The van der Waals surface area contributed by atoms with Gasteiger partial charge in [-0.05, 0) is 80.1 Å². The third kappa shape index (κ3) is 15.1. The molecule has 0 unspecified atom stereocenters. The van der Waals surface area contributed by atoms with Crippen molar-refractivity contribution in [1.29, 1.82) is 10.7 Å². The zero-order chi connectivity index (χ0) is 29.8. The maximum Gasteiger partial charge on any atom is 0.321 e. The zero-order valence-electron chi connectivity index (χ0n) is 23.8. The molecule has 0 saturated heterocycles. The minimum absolute atomic E-state index is 0.0392. The topological polar surface area (TPSA) is 100 Å². The maximum absolute atomic E-state index is 11.3. The number of carbonyl (C=O) groups is 2. The number of terminal acetylenes is 1. The number of hydrogen-bond acceptors (Lipinski definition) is 6. The molecule has 0 saturated carbocycles. The Bertz CT molecular complexity index is 1120. The molecule has 0 aliphatic heterocycles. The molecule has 2 aromatic rings. The van der Waals surface area contributed by atoms with Crippen LogP contribution >= 0.6 is 11.3 Å². The minimum atomic E-state index is -0.102. The summed E-state index contributed by atoms with van der Waals surface area (Å²) in [5.74, 6) is 0.163. The molecule has 1 heterocycles. The van der Waals surface area contributed by atoms with Gasteiger partial charge in [0.05, 0.1) is 11.6 Å². The predicted molar refractivity (Wildman–Crippen MR) is 164 cm³/mol. The summed E-state index contributed by atoms with van der Waals surface area (Å²) in [6, 6.07) is 12.1. The van der Waals surface area contributed by atoms with Crippen molar-refractivity contribution in [2.45, 2.75) is 33.7 Å². The first kappa shape index (κ1) is 35.0. The fourth-order valence-electron chi connectivity index (χ4n) is 3.57. The van der Waals surface area contributed by atoms with Gasteiger partial charge in [-0.15, -0.1) is 24.2 Å². The third-order valence-electron chi connectivity index (χ3n) is 5.52. The van der Waals surface area contributed by atoms with Crippen LogP contribution in [0, 0.1) is 55.3 Å². The Morgan fingerprint density at radius 2 is 1.85 bits per heavy atom. The van der Waals surface area contributed by atoms with E-state index in [9.17, 15) is 9.59 Å². The summed E-state index contributed by atoms with van der Waals surface area (Å²) in [5, 5.41) is 20.8. The Morgan fingerprint density at radius 3 is 2.33 bits per heavy atom. The van der Waals surface area contributed by atoms with Gasteiger partial charge >= 0.3 is 6.03 Å². The lowest BCUT2D eigenvalue weighted by Crippen LogP contribution is -2.29. The number of carbonyl (C=O) groups excluding carboxylic acids is 2. The SMILES string of the molecule is C#C.C[C@H](C=O)[C@H](C/C=C\C(C#N)=C/C=N)CN(C)Cc1cccs1.Cc1cc(C)cc(NC(=O)N(C)C)c1. The molecule has 2 atom stereocenters. The molecule has 0 aliphatic carbocycles. The second kappa shape index (κ2) is 20.0. The first-order chi connectivity index (χ1) is 18.6. The summed E-state index contributed by atoms with van der Waals surface area (Å²) in [4.78, 5) is 27.6. The van der Waals surface area contributed by atoms with Gasteiger partial charge in [0.25, 0.3) is 0 Å². The van der Waals surface area contributed by atoms with E-state index in [1.165, 1.54) is 15.9 Å². The number of thiophene rings is 1. The van der Waals surface area contributed by atoms with Gasteiger partial charge in [-0.2, -0.15) is 5.26 Å². The first-order valence-corrected chi connectivity index (χ1v) is 13.3. The summed E-state index contributed by atoms with van der Waals surface area (Å²) in [6.45, 7) is 7.65. The Labute approximate surface area is 238 Å². The molecule has 2 N–H and O–H groups in total. The average molecular weight is 548 g/mol. The van der Waals surface area contributed by atoms with E-state index in [4.69, 9.17) is 10.7 Å². The van der Waals surface area contributed by atoms with Crippen LogP contribution in [-0.2, 0) is 11.3 Å². The number of benzene rings is 1. The molecule has 0 radical (unpaired) electrons. The standard InChI is InChI=1S/C18H23N3OS.C11H16N2O.C2H2/c1-15(14-22)17(6-3-5-16(11-20)8-9-19)12-21(2)13-18-7-4-10-23-18;1-8-5-9(2)7-10(6-8)12-11(14)13(3)4;1-2/h3-5,7-10,14-15,17,19H,6,12-13H2,1-2H3;5-7H,1-4H3,(H,12,14);1-2H/b5-3-,16-8+,19-9?;;/t15-,17-;;/m1../s1. The highest BCUT2D eigenvalue weighted by molar-refractivity contribution is 7.09. The lowest BCUT2D eigenvalue weighted by molar-refractivity contribution is -0.112. The first-order valence-electron chi connectivity index (χ1n) is 12.4. The largest absolute Gasteiger partial charge is 0.331 e. The Hall–Kier alpha value is -3.98. The molecule has 0 bridgehead atoms. The van der Waals surface area contributed by atoms with Gasteiger partial charge in [0.1, 0.15) is 6.29 Å². The third-order valence-corrected chi connectivity index (χ3v) is 6.38. The normalized spacial score (nSPS) is 12.2. The van der Waals surface area contributed by atoms with E-state index in [-0.39, 0.29) is 17.9 Å². The summed E-state index contributed by atoms with van der Waals surface area (Å²) in [6.07, 6.45) is 15.9. The van der Waals surface area contributed by atoms with Gasteiger partial charge in [-0.25, -0.2) is 4.79 Å². The van der Waals surface area contributed by atoms with Crippen molar-refractivity contribution in [3.8, 4) is 18.9 Å². The Balaban J connectivity index is 0.000000769. The van der Waals surface area contributed by atoms with Gasteiger partial charge < -0.3 is 25.3 Å². The van der Waals surface area contributed by atoms with Crippen LogP contribution in [-0.4, -0.2) is 56.0 Å². The highest BCUT2D eigenvalue weighted by Crippen LogP contribution is 2.19. The maximum atomic E-state index is 11.3. The highest BCUT2D eigenvalue weighted by atomic mass is 32.1.